The molecule has 1 aliphatic heterocycles. The van der Waals surface area contributed by atoms with Gasteiger partial charge in [-0.2, -0.15) is 5.10 Å². The first-order valence-electron chi connectivity index (χ1n) is 11.1. The number of pyridine rings is 2. The normalized spacial score (nSPS) is 14.4. The predicted molar refractivity (Wildman–Crippen MR) is 131 cm³/mol. The number of methoxy groups -OCH3 is 1. The molecule has 0 unspecified atom stereocenters. The summed E-state index contributed by atoms with van der Waals surface area (Å²) in [6.07, 6.45) is 0. The van der Waals surface area contributed by atoms with Gasteiger partial charge in [-0.25, -0.2) is 4.98 Å². The first-order chi connectivity index (χ1) is 16.1. The summed E-state index contributed by atoms with van der Waals surface area (Å²) in [6.45, 7) is 5.79. The van der Waals surface area contributed by atoms with Crippen molar-refractivity contribution in [1.29, 1.82) is 0 Å². The number of aromatic amines is 2. The van der Waals surface area contributed by atoms with Gasteiger partial charge in [-0.05, 0) is 49.4 Å². The van der Waals surface area contributed by atoms with Crippen LogP contribution >= 0.6 is 0 Å². The highest BCUT2D eigenvalue weighted by molar-refractivity contribution is 6.21. The van der Waals surface area contributed by atoms with Crippen LogP contribution in [0.4, 0.5) is 5.69 Å². The summed E-state index contributed by atoms with van der Waals surface area (Å²) < 4.78 is 5.30. The van der Waals surface area contributed by atoms with Crippen LogP contribution in [0.25, 0.3) is 44.0 Å². The minimum Gasteiger partial charge on any atom is -0.497 e. The van der Waals surface area contributed by atoms with E-state index < -0.39 is 0 Å². The zero-order valence-electron chi connectivity index (χ0n) is 18.5. The maximum absolute atomic E-state index is 13.4. The Morgan fingerprint density at radius 3 is 2.55 bits per heavy atom. The molecular weight excluding hydrogens is 416 g/mol. The summed E-state index contributed by atoms with van der Waals surface area (Å²) in [4.78, 5) is 23.7. The lowest BCUT2D eigenvalue weighted by Crippen LogP contribution is -2.43. The molecule has 5 aromatic rings. The van der Waals surface area contributed by atoms with Crippen molar-refractivity contribution in [2.24, 2.45) is 0 Å². The van der Waals surface area contributed by atoms with E-state index in [0.29, 0.717) is 16.7 Å². The summed E-state index contributed by atoms with van der Waals surface area (Å²) in [5, 5.41) is 14.2. The number of hydrogen-bond acceptors (Lipinski definition) is 6. The van der Waals surface area contributed by atoms with Crippen LogP contribution in [0.15, 0.2) is 47.3 Å². The standard InChI is InChI=1S/C25H24N6O2/c1-14-20-21-18-13-16(31-11-9-26-10-12-31)5-8-19(18)27-25(32)22(21)23(28-24(20)30-29-14)15-3-6-17(33-2)7-4-15/h3-8,13,26H,9-12H2,1-2H3,(H,27,32)(H,28,29,30). The van der Waals surface area contributed by atoms with Crippen LogP contribution < -0.4 is 20.5 Å². The van der Waals surface area contributed by atoms with Gasteiger partial charge in [0.2, 0.25) is 0 Å². The van der Waals surface area contributed by atoms with Crippen molar-refractivity contribution in [1.82, 2.24) is 25.5 Å². The van der Waals surface area contributed by atoms with Crippen LogP contribution in [0.3, 0.4) is 0 Å². The van der Waals surface area contributed by atoms with Crippen LogP contribution in [0.2, 0.25) is 0 Å². The van der Waals surface area contributed by atoms with Gasteiger partial charge in [0.05, 0.1) is 23.6 Å². The number of rotatable bonds is 3. The molecule has 33 heavy (non-hydrogen) atoms. The summed E-state index contributed by atoms with van der Waals surface area (Å²) in [5.41, 5.74) is 4.74. The van der Waals surface area contributed by atoms with E-state index in [0.717, 1.165) is 70.5 Å². The fourth-order valence-electron chi connectivity index (χ4n) is 4.80. The summed E-state index contributed by atoms with van der Waals surface area (Å²) in [6, 6.07) is 13.9. The van der Waals surface area contributed by atoms with Gasteiger partial charge in [0, 0.05) is 59.4 Å². The zero-order valence-corrected chi connectivity index (χ0v) is 18.5. The summed E-state index contributed by atoms with van der Waals surface area (Å²) in [5.74, 6) is 0.750. The van der Waals surface area contributed by atoms with Crippen molar-refractivity contribution in [3.63, 3.8) is 0 Å². The van der Waals surface area contributed by atoms with E-state index in [-0.39, 0.29) is 5.56 Å². The maximum atomic E-state index is 13.4. The Kier molecular flexibility index (Phi) is 4.55. The lowest BCUT2D eigenvalue weighted by atomic mass is 9.98. The Morgan fingerprint density at radius 2 is 1.79 bits per heavy atom. The molecule has 0 atom stereocenters. The Hall–Kier alpha value is -3.91. The minimum atomic E-state index is -0.159. The van der Waals surface area contributed by atoms with Gasteiger partial charge in [-0.15, -0.1) is 0 Å². The Labute approximate surface area is 189 Å². The van der Waals surface area contributed by atoms with E-state index >= 15 is 0 Å². The number of aromatic nitrogens is 4. The van der Waals surface area contributed by atoms with E-state index in [4.69, 9.17) is 9.72 Å². The van der Waals surface area contributed by atoms with E-state index in [1.807, 2.05) is 37.3 Å². The highest BCUT2D eigenvalue weighted by atomic mass is 16.5. The van der Waals surface area contributed by atoms with Crippen LogP contribution in [0.1, 0.15) is 5.69 Å². The topological polar surface area (TPSA) is 98.9 Å². The number of piperazine rings is 1. The van der Waals surface area contributed by atoms with E-state index in [9.17, 15) is 4.79 Å². The maximum Gasteiger partial charge on any atom is 0.258 e. The van der Waals surface area contributed by atoms with Gasteiger partial charge in [0.25, 0.3) is 5.56 Å². The molecule has 0 spiro atoms. The highest BCUT2D eigenvalue weighted by Crippen LogP contribution is 2.36. The molecule has 0 bridgehead atoms. The number of fused-ring (bicyclic) bond motifs is 5. The number of hydrogen-bond donors (Lipinski definition) is 3. The van der Waals surface area contributed by atoms with Crippen molar-refractivity contribution < 1.29 is 4.74 Å². The SMILES string of the molecule is COc1ccc(-c2nc3n[nH]c(C)c3c3c2c(=O)[nH]c2ccc(N4CCNCC4)cc23)cc1. The number of nitrogens with one attached hydrogen (secondary N) is 3. The fraction of sp³-hybridized carbons (Fsp3) is 0.240. The predicted octanol–water partition coefficient (Wildman–Crippen LogP) is 3.35. The molecule has 1 aliphatic rings. The first kappa shape index (κ1) is 19.8. The molecule has 3 aromatic heterocycles. The van der Waals surface area contributed by atoms with Crippen molar-refractivity contribution in [3.05, 3.63) is 58.5 Å². The second kappa shape index (κ2) is 7.60. The lowest BCUT2D eigenvalue weighted by Gasteiger charge is -2.29. The average Bonchev–Trinajstić information content (AvgIpc) is 3.24. The molecule has 0 amide bonds. The van der Waals surface area contributed by atoms with Crippen LogP contribution in [0.5, 0.6) is 5.75 Å². The number of aryl methyl sites for hydroxylation is 1. The molecule has 1 saturated heterocycles. The second-order valence-electron chi connectivity index (χ2n) is 8.41. The van der Waals surface area contributed by atoms with Gasteiger partial charge >= 0.3 is 0 Å². The van der Waals surface area contributed by atoms with Crippen molar-refractivity contribution in [3.8, 4) is 17.0 Å². The van der Waals surface area contributed by atoms with E-state index in [1.165, 1.54) is 0 Å². The number of ether oxygens (including phenoxy) is 1. The van der Waals surface area contributed by atoms with Crippen LogP contribution in [-0.2, 0) is 0 Å². The fourth-order valence-corrected chi connectivity index (χ4v) is 4.80. The number of benzene rings is 2. The molecule has 0 aliphatic carbocycles. The third kappa shape index (κ3) is 3.14. The molecule has 8 nitrogen and oxygen atoms in total. The van der Waals surface area contributed by atoms with Gasteiger partial charge < -0.3 is 19.9 Å². The molecule has 6 rings (SSSR count). The van der Waals surface area contributed by atoms with Crippen LogP contribution in [-0.4, -0.2) is 53.5 Å². The monoisotopic (exact) mass is 440 g/mol. The molecule has 4 heterocycles. The van der Waals surface area contributed by atoms with Gasteiger partial charge in [-0.3, -0.25) is 9.89 Å². The molecule has 1 fully saturated rings. The number of nitrogens with zero attached hydrogens (tertiary/aromatic N) is 3. The molecular formula is C25H24N6O2. The molecule has 3 N–H and O–H groups in total. The third-order valence-electron chi connectivity index (χ3n) is 6.48. The molecule has 0 saturated carbocycles. The Morgan fingerprint density at radius 1 is 1.00 bits per heavy atom. The van der Waals surface area contributed by atoms with Gasteiger partial charge in [0.1, 0.15) is 5.75 Å². The van der Waals surface area contributed by atoms with Crippen molar-refractivity contribution >= 4 is 38.4 Å². The Balaban J connectivity index is 1.71. The lowest BCUT2D eigenvalue weighted by molar-refractivity contribution is 0.415. The van der Waals surface area contributed by atoms with Gasteiger partial charge in [-0.1, -0.05) is 0 Å². The molecule has 2 aromatic carbocycles. The minimum absolute atomic E-state index is 0.159. The van der Waals surface area contributed by atoms with Crippen molar-refractivity contribution in [2.75, 3.05) is 38.2 Å². The summed E-state index contributed by atoms with van der Waals surface area (Å²) >= 11 is 0. The third-order valence-corrected chi connectivity index (χ3v) is 6.48. The largest absolute Gasteiger partial charge is 0.497 e. The van der Waals surface area contributed by atoms with E-state index in [1.54, 1.807) is 7.11 Å². The first-order valence-corrected chi connectivity index (χ1v) is 11.1. The molecule has 8 heteroatoms. The summed E-state index contributed by atoms with van der Waals surface area (Å²) in [7, 11) is 1.63. The number of H-pyrrole nitrogens is 2. The number of anilines is 1. The quantitative estimate of drug-likeness (QED) is 0.372. The highest BCUT2D eigenvalue weighted by Gasteiger charge is 2.20. The Bertz CT molecular complexity index is 1560. The average molecular weight is 441 g/mol. The van der Waals surface area contributed by atoms with Gasteiger partial charge in [0.15, 0.2) is 5.65 Å². The second-order valence-corrected chi connectivity index (χ2v) is 8.41. The van der Waals surface area contributed by atoms with E-state index in [2.05, 4.69) is 37.5 Å². The molecule has 166 valence electrons. The van der Waals surface area contributed by atoms with Crippen molar-refractivity contribution in [2.45, 2.75) is 6.92 Å². The molecule has 0 radical (unpaired) electrons. The van der Waals surface area contributed by atoms with Crippen LogP contribution in [0, 0.1) is 6.92 Å². The smallest absolute Gasteiger partial charge is 0.258 e. The zero-order chi connectivity index (χ0) is 22.5.